The second-order valence-corrected chi connectivity index (χ2v) is 6.70. The molecule has 6 nitrogen and oxygen atoms in total. The van der Waals surface area contributed by atoms with Crippen LogP contribution in [0.1, 0.15) is 24.8 Å². The third-order valence-electron chi connectivity index (χ3n) is 4.69. The second-order valence-electron chi connectivity index (χ2n) is 6.70. The van der Waals surface area contributed by atoms with Crippen molar-refractivity contribution in [2.75, 3.05) is 28.6 Å². The SMILES string of the molecule is c1cncc(CNc2nccc(Nc3ccc(N4CCCCC4)cc3)n2)c1. The second kappa shape index (κ2) is 8.49. The Morgan fingerprint density at radius 1 is 0.926 bits per heavy atom. The first kappa shape index (κ1) is 17.3. The molecule has 0 spiro atoms. The molecule has 0 radical (unpaired) electrons. The number of aromatic nitrogens is 3. The molecule has 0 amide bonds. The fraction of sp³-hybridized carbons (Fsp3) is 0.286. The molecule has 1 fully saturated rings. The van der Waals surface area contributed by atoms with E-state index in [2.05, 4.69) is 54.8 Å². The van der Waals surface area contributed by atoms with E-state index in [-0.39, 0.29) is 0 Å². The van der Waals surface area contributed by atoms with Crippen LogP contribution in [-0.4, -0.2) is 28.0 Å². The van der Waals surface area contributed by atoms with Crippen LogP contribution >= 0.6 is 0 Å². The largest absolute Gasteiger partial charge is 0.372 e. The molecule has 0 atom stereocenters. The van der Waals surface area contributed by atoms with E-state index < -0.39 is 0 Å². The van der Waals surface area contributed by atoms with E-state index in [0.29, 0.717) is 12.5 Å². The van der Waals surface area contributed by atoms with Gasteiger partial charge in [-0.05, 0) is 61.2 Å². The number of benzene rings is 1. The lowest BCUT2D eigenvalue weighted by Crippen LogP contribution is -2.29. The van der Waals surface area contributed by atoms with Crippen molar-refractivity contribution in [3.8, 4) is 0 Å². The Hall–Kier alpha value is -3.15. The van der Waals surface area contributed by atoms with Gasteiger partial charge in [-0.3, -0.25) is 4.98 Å². The van der Waals surface area contributed by atoms with Gasteiger partial charge in [0.05, 0.1) is 0 Å². The van der Waals surface area contributed by atoms with Crippen molar-refractivity contribution >= 4 is 23.1 Å². The molecule has 4 rings (SSSR count). The monoisotopic (exact) mass is 360 g/mol. The molecule has 0 bridgehead atoms. The molecule has 1 aliphatic heterocycles. The smallest absolute Gasteiger partial charge is 0.224 e. The Bertz CT molecular complexity index is 844. The van der Waals surface area contributed by atoms with Crippen LogP contribution in [0.25, 0.3) is 0 Å². The molecule has 138 valence electrons. The first-order chi connectivity index (χ1) is 13.4. The van der Waals surface area contributed by atoms with Crippen LogP contribution in [0.15, 0.2) is 61.1 Å². The molecular weight excluding hydrogens is 336 g/mol. The van der Waals surface area contributed by atoms with E-state index in [1.54, 1.807) is 12.4 Å². The Kier molecular flexibility index (Phi) is 5.43. The number of hydrogen-bond acceptors (Lipinski definition) is 6. The number of hydrogen-bond donors (Lipinski definition) is 2. The van der Waals surface area contributed by atoms with Gasteiger partial charge in [-0.15, -0.1) is 0 Å². The summed E-state index contributed by atoms with van der Waals surface area (Å²) in [5.41, 5.74) is 3.40. The Labute approximate surface area is 159 Å². The zero-order valence-electron chi connectivity index (χ0n) is 15.3. The predicted octanol–water partition coefficient (Wildman–Crippen LogP) is 4.22. The summed E-state index contributed by atoms with van der Waals surface area (Å²) in [6, 6.07) is 14.4. The maximum Gasteiger partial charge on any atom is 0.224 e. The highest BCUT2D eigenvalue weighted by Gasteiger charge is 2.10. The average molecular weight is 360 g/mol. The van der Waals surface area contributed by atoms with Gasteiger partial charge in [-0.1, -0.05) is 6.07 Å². The molecule has 3 aromatic rings. The maximum absolute atomic E-state index is 4.53. The van der Waals surface area contributed by atoms with Crippen molar-refractivity contribution in [2.45, 2.75) is 25.8 Å². The van der Waals surface area contributed by atoms with Gasteiger partial charge in [-0.25, -0.2) is 4.98 Å². The fourth-order valence-electron chi connectivity index (χ4n) is 3.25. The van der Waals surface area contributed by atoms with Crippen LogP contribution < -0.4 is 15.5 Å². The lowest BCUT2D eigenvalue weighted by molar-refractivity contribution is 0.578. The van der Waals surface area contributed by atoms with Gasteiger partial charge < -0.3 is 15.5 Å². The Balaban J connectivity index is 1.37. The number of nitrogens with one attached hydrogen (secondary N) is 2. The normalized spacial score (nSPS) is 14.0. The van der Waals surface area contributed by atoms with Crippen molar-refractivity contribution in [1.29, 1.82) is 0 Å². The molecular formula is C21H24N6. The van der Waals surface area contributed by atoms with Crippen LogP contribution in [0.3, 0.4) is 0 Å². The number of piperidine rings is 1. The Morgan fingerprint density at radius 3 is 2.56 bits per heavy atom. The summed E-state index contributed by atoms with van der Waals surface area (Å²) in [5, 5.41) is 6.58. The van der Waals surface area contributed by atoms with Gasteiger partial charge in [0, 0.05) is 49.6 Å². The quantitative estimate of drug-likeness (QED) is 0.686. The molecule has 2 aromatic heterocycles. The fourth-order valence-corrected chi connectivity index (χ4v) is 3.25. The van der Waals surface area contributed by atoms with Crippen molar-refractivity contribution in [3.05, 3.63) is 66.6 Å². The summed E-state index contributed by atoms with van der Waals surface area (Å²) in [5.74, 6) is 1.36. The van der Waals surface area contributed by atoms with E-state index >= 15 is 0 Å². The van der Waals surface area contributed by atoms with Crippen molar-refractivity contribution in [1.82, 2.24) is 15.0 Å². The highest BCUT2D eigenvalue weighted by molar-refractivity contribution is 5.61. The van der Waals surface area contributed by atoms with E-state index in [1.807, 2.05) is 24.4 Å². The highest BCUT2D eigenvalue weighted by atomic mass is 15.1. The average Bonchev–Trinajstić information content (AvgIpc) is 2.75. The third kappa shape index (κ3) is 4.73. The number of nitrogens with zero attached hydrogens (tertiary/aromatic N) is 4. The summed E-state index contributed by atoms with van der Waals surface area (Å²) in [6.45, 7) is 2.96. The van der Waals surface area contributed by atoms with Gasteiger partial charge in [0.2, 0.25) is 5.95 Å². The molecule has 0 saturated carbocycles. The summed E-state index contributed by atoms with van der Waals surface area (Å²) in [7, 11) is 0. The molecule has 1 saturated heterocycles. The summed E-state index contributed by atoms with van der Waals surface area (Å²) in [4.78, 5) is 15.4. The highest BCUT2D eigenvalue weighted by Crippen LogP contribution is 2.23. The Morgan fingerprint density at radius 2 is 1.78 bits per heavy atom. The molecule has 2 N–H and O–H groups in total. The molecule has 1 aliphatic rings. The minimum absolute atomic E-state index is 0.591. The van der Waals surface area contributed by atoms with Crippen LogP contribution in [0, 0.1) is 0 Å². The van der Waals surface area contributed by atoms with Crippen LogP contribution in [0.4, 0.5) is 23.1 Å². The molecule has 6 heteroatoms. The van der Waals surface area contributed by atoms with Crippen LogP contribution in [0.2, 0.25) is 0 Å². The number of pyridine rings is 1. The zero-order chi connectivity index (χ0) is 18.3. The standard InChI is InChI=1S/C21H24N6/c1-2-13-27(14-3-1)19-8-6-18(7-9-19)25-20-10-12-23-21(26-20)24-16-17-5-4-11-22-15-17/h4-12,15H,1-3,13-14,16H2,(H2,23,24,25,26). The van der Waals surface area contributed by atoms with Crippen LogP contribution in [-0.2, 0) is 6.54 Å². The number of anilines is 4. The van der Waals surface area contributed by atoms with Gasteiger partial charge in [0.15, 0.2) is 0 Å². The van der Waals surface area contributed by atoms with Crippen molar-refractivity contribution in [3.63, 3.8) is 0 Å². The minimum atomic E-state index is 0.591. The lowest BCUT2D eigenvalue weighted by atomic mass is 10.1. The summed E-state index contributed by atoms with van der Waals surface area (Å²) in [6.07, 6.45) is 9.27. The maximum atomic E-state index is 4.53. The topological polar surface area (TPSA) is 66.0 Å². The minimum Gasteiger partial charge on any atom is -0.372 e. The first-order valence-corrected chi connectivity index (χ1v) is 9.45. The molecule has 3 heterocycles. The van der Waals surface area contributed by atoms with Gasteiger partial charge in [0.1, 0.15) is 5.82 Å². The van der Waals surface area contributed by atoms with E-state index in [0.717, 1.165) is 30.2 Å². The van der Waals surface area contributed by atoms with Gasteiger partial charge in [-0.2, -0.15) is 4.98 Å². The van der Waals surface area contributed by atoms with E-state index in [4.69, 9.17) is 0 Å². The lowest BCUT2D eigenvalue weighted by Gasteiger charge is -2.28. The van der Waals surface area contributed by atoms with Crippen molar-refractivity contribution in [2.24, 2.45) is 0 Å². The van der Waals surface area contributed by atoms with E-state index in [9.17, 15) is 0 Å². The van der Waals surface area contributed by atoms with Gasteiger partial charge in [0.25, 0.3) is 0 Å². The molecule has 1 aromatic carbocycles. The van der Waals surface area contributed by atoms with Gasteiger partial charge >= 0.3 is 0 Å². The summed E-state index contributed by atoms with van der Waals surface area (Å²) < 4.78 is 0. The zero-order valence-corrected chi connectivity index (χ0v) is 15.3. The van der Waals surface area contributed by atoms with Crippen LogP contribution in [0.5, 0.6) is 0 Å². The predicted molar refractivity (Wildman–Crippen MR) is 109 cm³/mol. The number of rotatable bonds is 6. The van der Waals surface area contributed by atoms with Crippen molar-refractivity contribution < 1.29 is 0 Å². The first-order valence-electron chi connectivity index (χ1n) is 9.45. The molecule has 0 unspecified atom stereocenters. The molecule has 0 aliphatic carbocycles. The summed E-state index contributed by atoms with van der Waals surface area (Å²) >= 11 is 0. The molecule has 27 heavy (non-hydrogen) atoms. The van der Waals surface area contributed by atoms with E-state index in [1.165, 1.54) is 24.9 Å². The third-order valence-corrected chi connectivity index (χ3v) is 4.69.